The molecule has 164 valence electrons. The lowest BCUT2D eigenvalue weighted by Crippen LogP contribution is -2.49. The van der Waals surface area contributed by atoms with Crippen LogP contribution in [0.2, 0.25) is 0 Å². The maximum atomic E-state index is 12.5. The van der Waals surface area contributed by atoms with E-state index in [1.54, 1.807) is 0 Å². The van der Waals surface area contributed by atoms with Crippen LogP contribution in [0.1, 0.15) is 29.8 Å². The van der Waals surface area contributed by atoms with Crippen LogP contribution in [-0.4, -0.2) is 47.1 Å². The van der Waals surface area contributed by atoms with Crippen molar-refractivity contribution in [3.63, 3.8) is 0 Å². The molecule has 2 aromatic heterocycles. The van der Waals surface area contributed by atoms with E-state index in [4.69, 9.17) is 5.26 Å². The first-order valence-corrected chi connectivity index (χ1v) is 10.8. The number of piperazine rings is 1. The predicted octanol–water partition coefficient (Wildman–Crippen LogP) is 3.89. The van der Waals surface area contributed by atoms with E-state index >= 15 is 0 Å². The molecular weight excluding hydrogens is 422 g/mol. The van der Waals surface area contributed by atoms with Gasteiger partial charge in [-0.3, -0.25) is 14.7 Å². The van der Waals surface area contributed by atoms with Gasteiger partial charge in [-0.25, -0.2) is 0 Å². The largest absolute Gasteiger partial charge is 0.369 e. The van der Waals surface area contributed by atoms with Crippen molar-refractivity contribution < 1.29 is 0 Å². The highest BCUT2D eigenvalue weighted by Gasteiger charge is 2.27. The Morgan fingerprint density at radius 2 is 1.84 bits per heavy atom. The van der Waals surface area contributed by atoms with Crippen LogP contribution in [0, 0.1) is 18.3 Å². The molecule has 1 fully saturated rings. The summed E-state index contributed by atoms with van der Waals surface area (Å²) in [7, 11) is 0. The fourth-order valence-corrected chi connectivity index (χ4v) is 4.69. The molecule has 6 nitrogen and oxygen atoms in total. The number of aromatic amines is 1. The highest BCUT2D eigenvalue weighted by Crippen LogP contribution is 2.31. The quantitative estimate of drug-likeness (QED) is 0.659. The number of hydrogen-bond donors (Lipinski definition) is 1. The zero-order valence-electron chi connectivity index (χ0n) is 18.0. The summed E-state index contributed by atoms with van der Waals surface area (Å²) in [5.41, 5.74) is 5.60. The van der Waals surface area contributed by atoms with Gasteiger partial charge in [0, 0.05) is 49.3 Å². The summed E-state index contributed by atoms with van der Waals surface area (Å²) in [4.78, 5) is 25.0. The monoisotopic (exact) mass is 447 g/mol. The number of hydrogen-bond acceptors (Lipinski definition) is 5. The first kappa shape index (κ1) is 22.1. The number of nitriles is 1. The molecule has 1 atom stereocenters. The maximum absolute atomic E-state index is 12.5. The number of nitrogens with one attached hydrogen (secondary N) is 1. The normalized spacial score (nSPS) is 18.8. The van der Waals surface area contributed by atoms with E-state index in [-0.39, 0.29) is 18.0 Å². The minimum atomic E-state index is -0.0691. The van der Waals surface area contributed by atoms with Gasteiger partial charge >= 0.3 is 0 Å². The lowest BCUT2D eigenvalue weighted by Gasteiger charge is -2.38. The zero-order valence-corrected chi connectivity index (χ0v) is 18.9. The molecule has 32 heavy (non-hydrogen) atoms. The molecule has 0 radical (unpaired) electrons. The molecule has 0 amide bonds. The van der Waals surface area contributed by atoms with Crippen LogP contribution in [-0.2, 0) is 0 Å². The van der Waals surface area contributed by atoms with Gasteiger partial charge in [-0.05, 0) is 67.8 Å². The number of anilines is 1. The molecule has 1 aromatic carbocycles. The smallest absolute Gasteiger partial charge is 0.257 e. The van der Waals surface area contributed by atoms with Crippen molar-refractivity contribution in [1.82, 2.24) is 14.9 Å². The van der Waals surface area contributed by atoms with Crippen LogP contribution in [0.5, 0.6) is 0 Å². The zero-order chi connectivity index (χ0) is 21.4. The van der Waals surface area contributed by atoms with Gasteiger partial charge in [0.2, 0.25) is 0 Å². The number of H-pyrrole nitrogens is 1. The molecule has 3 heterocycles. The summed E-state index contributed by atoms with van der Waals surface area (Å²) < 4.78 is 0. The number of rotatable bonds is 3. The Morgan fingerprint density at radius 1 is 1.09 bits per heavy atom. The number of halogens is 1. The number of benzene rings is 1. The van der Waals surface area contributed by atoms with E-state index in [0.29, 0.717) is 17.0 Å². The van der Waals surface area contributed by atoms with E-state index in [2.05, 4.69) is 31.9 Å². The summed E-state index contributed by atoms with van der Waals surface area (Å²) in [6.07, 6.45) is 4.37. The Balaban J connectivity index is 0.00000245. The standard InChI is InChI=1S/C25H25N5O.ClH/c1-17-2-9-22-24(27-17)15-23(28-25(22)31)19-5-8-21(14-19)30-12-10-29(11-13-30)20-6-3-18(16-26)4-7-20;/h2-4,6-7,9,14-15,21H,5,8,10-13H2,1H3,(H,28,31);1H/t21-;/m1./s1. The number of aromatic nitrogens is 2. The van der Waals surface area contributed by atoms with Crippen LogP contribution in [0.4, 0.5) is 5.69 Å². The molecule has 5 rings (SSSR count). The molecule has 1 aliphatic carbocycles. The maximum Gasteiger partial charge on any atom is 0.257 e. The lowest BCUT2D eigenvalue weighted by molar-refractivity contribution is 0.214. The van der Waals surface area contributed by atoms with E-state index in [1.807, 2.05) is 49.4 Å². The summed E-state index contributed by atoms with van der Waals surface area (Å²) in [5.74, 6) is 0. The van der Waals surface area contributed by atoms with Crippen molar-refractivity contribution >= 4 is 34.6 Å². The van der Waals surface area contributed by atoms with Gasteiger partial charge in [0.15, 0.2) is 0 Å². The first-order valence-electron chi connectivity index (χ1n) is 10.8. The Kier molecular flexibility index (Phi) is 6.31. The highest BCUT2D eigenvalue weighted by atomic mass is 35.5. The van der Waals surface area contributed by atoms with Crippen LogP contribution in [0.25, 0.3) is 16.5 Å². The van der Waals surface area contributed by atoms with Crippen molar-refractivity contribution in [2.75, 3.05) is 31.1 Å². The van der Waals surface area contributed by atoms with Gasteiger partial charge in [0.25, 0.3) is 5.56 Å². The third-order valence-corrected chi connectivity index (χ3v) is 6.43. The van der Waals surface area contributed by atoms with E-state index < -0.39 is 0 Å². The number of fused-ring (bicyclic) bond motifs is 1. The fourth-order valence-electron chi connectivity index (χ4n) is 4.69. The minimum Gasteiger partial charge on any atom is -0.369 e. The average Bonchev–Trinajstić information content (AvgIpc) is 3.29. The molecule has 1 N–H and O–H groups in total. The second-order valence-corrected chi connectivity index (χ2v) is 8.38. The first-order chi connectivity index (χ1) is 15.1. The predicted molar refractivity (Wildman–Crippen MR) is 130 cm³/mol. The van der Waals surface area contributed by atoms with Gasteiger partial charge in [0.05, 0.1) is 22.5 Å². The molecule has 1 aliphatic heterocycles. The van der Waals surface area contributed by atoms with Crippen LogP contribution in [0.15, 0.2) is 53.3 Å². The van der Waals surface area contributed by atoms with Gasteiger partial charge in [-0.2, -0.15) is 5.26 Å². The Bertz CT molecular complexity index is 1250. The summed E-state index contributed by atoms with van der Waals surface area (Å²) in [6, 6.07) is 16.2. The van der Waals surface area contributed by atoms with Crippen LogP contribution < -0.4 is 10.5 Å². The van der Waals surface area contributed by atoms with E-state index in [1.165, 1.54) is 11.3 Å². The van der Waals surface area contributed by atoms with Crippen LogP contribution >= 0.6 is 12.4 Å². The van der Waals surface area contributed by atoms with Gasteiger partial charge in [-0.1, -0.05) is 6.08 Å². The van der Waals surface area contributed by atoms with E-state index in [0.717, 1.165) is 55.9 Å². The topological polar surface area (TPSA) is 76.0 Å². The number of allylic oxidation sites excluding steroid dienone is 1. The van der Waals surface area contributed by atoms with Crippen molar-refractivity contribution in [3.8, 4) is 6.07 Å². The molecule has 3 aromatic rings. The summed E-state index contributed by atoms with van der Waals surface area (Å²) in [6.45, 7) is 5.90. The molecule has 0 saturated carbocycles. The Morgan fingerprint density at radius 3 is 2.56 bits per heavy atom. The average molecular weight is 448 g/mol. The molecule has 1 saturated heterocycles. The summed E-state index contributed by atoms with van der Waals surface area (Å²) in [5, 5.41) is 9.62. The number of pyridine rings is 2. The molecule has 0 spiro atoms. The van der Waals surface area contributed by atoms with Crippen molar-refractivity contribution in [1.29, 1.82) is 5.26 Å². The fraction of sp³-hybridized carbons (Fsp3) is 0.320. The third-order valence-electron chi connectivity index (χ3n) is 6.43. The van der Waals surface area contributed by atoms with Gasteiger partial charge < -0.3 is 9.88 Å². The second kappa shape index (κ2) is 9.15. The molecule has 0 bridgehead atoms. The Labute approximate surface area is 193 Å². The lowest BCUT2D eigenvalue weighted by atomic mass is 10.1. The number of aryl methyl sites for hydroxylation is 1. The second-order valence-electron chi connectivity index (χ2n) is 8.38. The third kappa shape index (κ3) is 4.27. The van der Waals surface area contributed by atoms with Crippen molar-refractivity contribution in [2.45, 2.75) is 25.8 Å². The molecular formula is C25H26ClN5O. The van der Waals surface area contributed by atoms with Gasteiger partial charge in [0.1, 0.15) is 0 Å². The minimum absolute atomic E-state index is 0. The SMILES string of the molecule is Cc1ccc2c(=O)[nH]c(C3=C[C@H](N4CCN(c5ccc(C#N)cc5)CC4)CC3)cc2n1.Cl. The van der Waals surface area contributed by atoms with Crippen LogP contribution in [0.3, 0.4) is 0 Å². The summed E-state index contributed by atoms with van der Waals surface area (Å²) >= 11 is 0. The van der Waals surface area contributed by atoms with Crippen molar-refractivity contribution in [2.24, 2.45) is 0 Å². The molecule has 0 unspecified atom stereocenters. The molecule has 7 heteroatoms. The van der Waals surface area contributed by atoms with E-state index in [9.17, 15) is 4.79 Å². The Hall–Kier alpha value is -3.14. The van der Waals surface area contributed by atoms with Crippen molar-refractivity contribution in [3.05, 3.63) is 75.8 Å². The van der Waals surface area contributed by atoms with Gasteiger partial charge in [-0.15, -0.1) is 12.4 Å². The molecule has 2 aliphatic rings. The number of nitrogens with zero attached hydrogens (tertiary/aromatic N) is 4. The highest BCUT2D eigenvalue weighted by molar-refractivity contribution is 5.85.